The summed E-state index contributed by atoms with van der Waals surface area (Å²) in [4.78, 5) is 18.6. The summed E-state index contributed by atoms with van der Waals surface area (Å²) in [5, 5.41) is 0. The molecule has 0 spiro atoms. The highest BCUT2D eigenvalue weighted by Gasteiger charge is 2.23. The molecule has 3 rings (SSSR count). The predicted octanol–water partition coefficient (Wildman–Crippen LogP) is 2.43. The number of hydrogen-bond donors (Lipinski definition) is 0. The van der Waals surface area contributed by atoms with Crippen molar-refractivity contribution in [2.24, 2.45) is 5.92 Å². The number of carbonyl (C=O) groups is 1. The zero-order valence-electron chi connectivity index (χ0n) is 14.3. The molecule has 5 nitrogen and oxygen atoms in total. The molecular weight excluding hydrogens is 314 g/mol. The van der Waals surface area contributed by atoms with Crippen LogP contribution in [-0.2, 0) is 11.3 Å². The number of terminal acetylenes is 1. The van der Waals surface area contributed by atoms with Gasteiger partial charge in [-0.2, -0.15) is 0 Å². The number of aromatic nitrogens is 2. The van der Waals surface area contributed by atoms with E-state index < -0.39 is 0 Å². The van der Waals surface area contributed by atoms with E-state index in [2.05, 4.69) is 10.9 Å². The number of rotatable bonds is 6. The molecule has 1 aliphatic rings. The molecule has 1 saturated heterocycles. The number of nitrogens with zero attached hydrogens (tertiary/aromatic N) is 3. The molecule has 1 aromatic carbocycles. The van der Waals surface area contributed by atoms with Crippen molar-refractivity contribution in [2.75, 3.05) is 26.3 Å². The third kappa shape index (κ3) is 4.71. The highest BCUT2D eigenvalue weighted by molar-refractivity contribution is 5.94. The van der Waals surface area contributed by atoms with Crippen LogP contribution in [0, 0.1) is 18.3 Å². The van der Waals surface area contributed by atoms with E-state index in [1.54, 1.807) is 12.5 Å². The first kappa shape index (κ1) is 17.2. The fourth-order valence-corrected chi connectivity index (χ4v) is 3.11. The maximum Gasteiger partial charge on any atom is 0.253 e. The number of hydrogen-bond acceptors (Lipinski definition) is 3. The lowest BCUT2D eigenvalue weighted by atomic mass is 9.97. The maximum absolute atomic E-state index is 12.6. The second-order valence-corrected chi connectivity index (χ2v) is 6.39. The molecule has 0 aliphatic carbocycles. The fourth-order valence-electron chi connectivity index (χ4n) is 3.11. The Bertz CT molecular complexity index is 708. The molecule has 0 atom stereocenters. The minimum atomic E-state index is 0.108. The van der Waals surface area contributed by atoms with Crippen LogP contribution in [0.25, 0.3) is 0 Å². The van der Waals surface area contributed by atoms with Gasteiger partial charge in [0.25, 0.3) is 5.91 Å². The van der Waals surface area contributed by atoms with E-state index in [0.29, 0.717) is 19.1 Å². The molecule has 1 aromatic heterocycles. The van der Waals surface area contributed by atoms with Crippen molar-refractivity contribution < 1.29 is 9.53 Å². The van der Waals surface area contributed by atoms with Gasteiger partial charge >= 0.3 is 0 Å². The lowest BCUT2D eigenvalue weighted by Crippen LogP contribution is -2.39. The largest absolute Gasteiger partial charge is 0.369 e. The Labute approximate surface area is 148 Å². The van der Waals surface area contributed by atoms with Gasteiger partial charge in [0.05, 0.1) is 12.9 Å². The van der Waals surface area contributed by atoms with E-state index in [4.69, 9.17) is 11.2 Å². The van der Waals surface area contributed by atoms with Crippen LogP contribution in [0.15, 0.2) is 43.0 Å². The number of piperidine rings is 1. The molecule has 5 heteroatoms. The summed E-state index contributed by atoms with van der Waals surface area (Å²) in [6, 6.07) is 7.84. The van der Waals surface area contributed by atoms with Crippen molar-refractivity contribution >= 4 is 5.91 Å². The van der Waals surface area contributed by atoms with Crippen LogP contribution < -0.4 is 0 Å². The van der Waals surface area contributed by atoms with Crippen molar-refractivity contribution in [3.8, 4) is 12.3 Å². The first-order chi connectivity index (χ1) is 12.3. The second-order valence-electron chi connectivity index (χ2n) is 6.39. The smallest absolute Gasteiger partial charge is 0.253 e. The van der Waals surface area contributed by atoms with Gasteiger partial charge in [-0.1, -0.05) is 18.1 Å². The number of ether oxygens (including phenoxy) is 1. The Morgan fingerprint density at radius 3 is 2.68 bits per heavy atom. The van der Waals surface area contributed by atoms with E-state index in [9.17, 15) is 4.79 Å². The van der Waals surface area contributed by atoms with Crippen molar-refractivity contribution in [1.82, 2.24) is 14.5 Å². The molecule has 0 radical (unpaired) electrons. The average molecular weight is 337 g/mol. The van der Waals surface area contributed by atoms with Crippen molar-refractivity contribution in [2.45, 2.75) is 19.4 Å². The molecule has 130 valence electrons. The van der Waals surface area contributed by atoms with E-state index in [0.717, 1.165) is 43.6 Å². The molecular formula is C20H23N3O2. The Balaban J connectivity index is 1.51. The van der Waals surface area contributed by atoms with Crippen LogP contribution in [-0.4, -0.2) is 46.7 Å². The van der Waals surface area contributed by atoms with Crippen molar-refractivity contribution in [1.29, 1.82) is 0 Å². The monoisotopic (exact) mass is 337 g/mol. The number of carbonyl (C=O) groups excluding carboxylic acids is 1. The lowest BCUT2D eigenvalue weighted by molar-refractivity contribution is 0.0582. The highest BCUT2D eigenvalue weighted by atomic mass is 16.5. The fraction of sp³-hybridized carbons (Fsp3) is 0.400. The zero-order valence-corrected chi connectivity index (χ0v) is 14.3. The van der Waals surface area contributed by atoms with Gasteiger partial charge < -0.3 is 14.2 Å². The second kappa shape index (κ2) is 8.50. The van der Waals surface area contributed by atoms with Gasteiger partial charge in [-0.15, -0.1) is 6.42 Å². The Kier molecular flexibility index (Phi) is 5.86. The van der Waals surface area contributed by atoms with Crippen LogP contribution in [0.3, 0.4) is 0 Å². The van der Waals surface area contributed by atoms with Gasteiger partial charge in [0.1, 0.15) is 6.61 Å². The van der Waals surface area contributed by atoms with Gasteiger partial charge in [-0.25, -0.2) is 4.98 Å². The van der Waals surface area contributed by atoms with Gasteiger partial charge in [0.15, 0.2) is 0 Å². The Hall–Kier alpha value is -2.58. The maximum atomic E-state index is 12.6. The number of likely N-dealkylation sites (tertiary alicyclic amines) is 1. The minimum Gasteiger partial charge on any atom is -0.369 e. The Morgan fingerprint density at radius 2 is 2.04 bits per heavy atom. The van der Waals surface area contributed by atoms with Gasteiger partial charge in [0.2, 0.25) is 0 Å². The summed E-state index contributed by atoms with van der Waals surface area (Å²) in [5.74, 6) is 3.09. The normalized spacial score (nSPS) is 15.1. The van der Waals surface area contributed by atoms with Crippen LogP contribution in [0.2, 0.25) is 0 Å². The molecule has 1 aliphatic heterocycles. The van der Waals surface area contributed by atoms with Crippen LogP contribution >= 0.6 is 0 Å². The molecule has 25 heavy (non-hydrogen) atoms. The third-order valence-electron chi connectivity index (χ3n) is 4.57. The molecule has 1 amide bonds. The first-order valence-corrected chi connectivity index (χ1v) is 8.61. The minimum absolute atomic E-state index is 0.108. The summed E-state index contributed by atoms with van der Waals surface area (Å²) >= 11 is 0. The quantitative estimate of drug-likeness (QED) is 0.601. The SMILES string of the molecule is C#CCOCC1CCN(C(=O)c2ccc(Cn3ccnc3)cc2)CC1. The molecule has 0 unspecified atom stereocenters. The molecule has 2 heterocycles. The van der Waals surface area contributed by atoms with E-state index in [-0.39, 0.29) is 5.91 Å². The molecule has 0 saturated carbocycles. The average Bonchev–Trinajstić information content (AvgIpc) is 3.16. The summed E-state index contributed by atoms with van der Waals surface area (Å²) < 4.78 is 7.42. The standard InChI is InChI=1S/C20H23N3O2/c1-2-13-25-15-18-7-10-23(11-8-18)20(24)19-5-3-17(4-6-19)14-22-12-9-21-16-22/h1,3-6,9,12,16,18H,7-8,10-11,13-15H2. The van der Waals surface area contributed by atoms with E-state index in [1.807, 2.05) is 39.9 Å². The predicted molar refractivity (Wildman–Crippen MR) is 96.1 cm³/mol. The van der Waals surface area contributed by atoms with Crippen LogP contribution in [0.1, 0.15) is 28.8 Å². The van der Waals surface area contributed by atoms with Crippen molar-refractivity contribution in [3.05, 3.63) is 54.1 Å². The summed E-state index contributed by atoms with van der Waals surface area (Å²) in [7, 11) is 0. The summed E-state index contributed by atoms with van der Waals surface area (Å²) in [6.45, 7) is 3.37. The van der Waals surface area contributed by atoms with Gasteiger partial charge in [-0.05, 0) is 36.5 Å². The summed E-state index contributed by atoms with van der Waals surface area (Å²) in [6.07, 6.45) is 12.6. The molecule has 2 aromatic rings. The topological polar surface area (TPSA) is 47.4 Å². The third-order valence-corrected chi connectivity index (χ3v) is 4.57. The Morgan fingerprint density at radius 1 is 1.28 bits per heavy atom. The molecule has 1 fully saturated rings. The lowest BCUT2D eigenvalue weighted by Gasteiger charge is -2.31. The van der Waals surface area contributed by atoms with Gasteiger partial charge in [0, 0.05) is 37.6 Å². The number of amides is 1. The van der Waals surface area contributed by atoms with Crippen LogP contribution in [0.5, 0.6) is 0 Å². The van der Waals surface area contributed by atoms with E-state index in [1.165, 1.54) is 0 Å². The first-order valence-electron chi connectivity index (χ1n) is 8.61. The highest BCUT2D eigenvalue weighted by Crippen LogP contribution is 2.19. The number of benzene rings is 1. The van der Waals surface area contributed by atoms with Crippen molar-refractivity contribution in [3.63, 3.8) is 0 Å². The van der Waals surface area contributed by atoms with E-state index >= 15 is 0 Å². The zero-order chi connectivity index (χ0) is 17.5. The summed E-state index contributed by atoms with van der Waals surface area (Å²) in [5.41, 5.74) is 1.90. The van der Waals surface area contributed by atoms with Gasteiger partial charge in [-0.3, -0.25) is 4.79 Å². The van der Waals surface area contributed by atoms with Crippen LogP contribution in [0.4, 0.5) is 0 Å². The molecule has 0 bridgehead atoms. The molecule has 0 N–H and O–H groups in total. The number of imidazole rings is 1.